The second-order valence-electron chi connectivity index (χ2n) is 3.86. The molecule has 86 valence electrons. The van der Waals surface area contributed by atoms with E-state index in [1.54, 1.807) is 0 Å². The lowest BCUT2D eigenvalue weighted by Crippen LogP contribution is -2.26. The van der Waals surface area contributed by atoms with E-state index in [1.807, 2.05) is 48.6 Å². The Morgan fingerprint density at radius 2 is 2.00 bits per heavy atom. The number of rotatable bonds is 2. The van der Waals surface area contributed by atoms with Gasteiger partial charge in [-0.25, -0.2) is 0 Å². The lowest BCUT2D eigenvalue weighted by molar-refractivity contribution is 0.138. The number of allylic oxidation sites excluding steroid dienone is 3. The van der Waals surface area contributed by atoms with E-state index in [0.717, 1.165) is 11.1 Å². The molecule has 2 nitrogen and oxygen atoms in total. The molecule has 2 heteroatoms. The van der Waals surface area contributed by atoms with Crippen LogP contribution < -0.4 is 0 Å². The second-order valence-corrected chi connectivity index (χ2v) is 3.86. The van der Waals surface area contributed by atoms with Crippen LogP contribution in [-0.2, 0) is 5.60 Å². The van der Waals surface area contributed by atoms with Gasteiger partial charge in [-0.15, -0.1) is 0 Å². The fourth-order valence-corrected chi connectivity index (χ4v) is 1.90. The monoisotopic (exact) mass is 226 g/mol. The molecule has 2 rings (SSSR count). The average Bonchev–Trinajstić information content (AvgIpc) is 2.91. The molecule has 1 aromatic rings. The number of hydrogen-bond donors (Lipinski definition) is 2. The quantitative estimate of drug-likeness (QED) is 0.754. The van der Waals surface area contributed by atoms with Crippen molar-refractivity contribution >= 4 is 0 Å². The van der Waals surface area contributed by atoms with Gasteiger partial charge in [-0.1, -0.05) is 60.4 Å². The summed E-state index contributed by atoms with van der Waals surface area (Å²) in [6.07, 6.45) is 6.44. The Hall–Kier alpha value is -1.82. The van der Waals surface area contributed by atoms with E-state index in [-0.39, 0.29) is 6.61 Å². The molecule has 17 heavy (non-hydrogen) atoms. The van der Waals surface area contributed by atoms with Crippen molar-refractivity contribution in [1.82, 2.24) is 0 Å². The molecule has 0 aromatic heterocycles. The van der Waals surface area contributed by atoms with E-state index in [0.29, 0.717) is 6.42 Å². The van der Waals surface area contributed by atoms with Crippen LogP contribution >= 0.6 is 0 Å². The van der Waals surface area contributed by atoms with Gasteiger partial charge in [0.15, 0.2) is 5.60 Å². The van der Waals surface area contributed by atoms with Crippen LogP contribution in [0.25, 0.3) is 0 Å². The topological polar surface area (TPSA) is 40.5 Å². The fourth-order valence-electron chi connectivity index (χ4n) is 1.90. The van der Waals surface area contributed by atoms with Gasteiger partial charge in [0.2, 0.25) is 0 Å². The third-order valence-corrected chi connectivity index (χ3v) is 2.78. The van der Waals surface area contributed by atoms with E-state index in [2.05, 4.69) is 11.8 Å². The van der Waals surface area contributed by atoms with Crippen molar-refractivity contribution in [2.45, 2.75) is 12.0 Å². The van der Waals surface area contributed by atoms with Crippen molar-refractivity contribution in [3.05, 3.63) is 59.7 Å². The third-order valence-electron chi connectivity index (χ3n) is 2.78. The highest BCUT2D eigenvalue weighted by Gasteiger charge is 2.31. The normalized spacial score (nSPS) is 16.9. The van der Waals surface area contributed by atoms with Gasteiger partial charge in [0.05, 0.1) is 0 Å². The van der Waals surface area contributed by atoms with Crippen molar-refractivity contribution in [1.29, 1.82) is 0 Å². The standard InChI is InChI=1S/C15H14O2/c16-12-6-11-15(17,14-9-4-5-10-14)13-7-2-1-3-8-13/h1-5,7-9,16-17H,10,12H2. The predicted octanol–water partition coefficient (Wildman–Crippen LogP) is 1.76. The molecule has 0 saturated carbocycles. The minimum atomic E-state index is -1.30. The number of aliphatic hydroxyl groups is 2. The first kappa shape index (κ1) is 11.7. The van der Waals surface area contributed by atoms with Crippen LogP contribution in [0.5, 0.6) is 0 Å². The van der Waals surface area contributed by atoms with Crippen LogP contribution in [-0.4, -0.2) is 16.8 Å². The molecule has 0 saturated heterocycles. The van der Waals surface area contributed by atoms with Gasteiger partial charge in [0, 0.05) is 5.56 Å². The van der Waals surface area contributed by atoms with Gasteiger partial charge in [-0.3, -0.25) is 0 Å². The summed E-state index contributed by atoms with van der Waals surface area (Å²) in [5.41, 5.74) is 0.272. The predicted molar refractivity (Wildman–Crippen MR) is 67.0 cm³/mol. The van der Waals surface area contributed by atoms with Crippen LogP contribution in [0.4, 0.5) is 0 Å². The first-order valence-electron chi connectivity index (χ1n) is 5.52. The van der Waals surface area contributed by atoms with Crippen LogP contribution in [0.15, 0.2) is 54.1 Å². The molecule has 0 fully saturated rings. The summed E-state index contributed by atoms with van der Waals surface area (Å²) < 4.78 is 0. The van der Waals surface area contributed by atoms with Crippen LogP contribution in [0, 0.1) is 11.8 Å². The summed E-state index contributed by atoms with van der Waals surface area (Å²) in [5.74, 6) is 5.30. The highest BCUT2D eigenvalue weighted by molar-refractivity contribution is 5.46. The number of benzene rings is 1. The smallest absolute Gasteiger partial charge is 0.173 e. The van der Waals surface area contributed by atoms with Gasteiger partial charge >= 0.3 is 0 Å². The van der Waals surface area contributed by atoms with Gasteiger partial charge in [-0.05, 0) is 12.0 Å². The largest absolute Gasteiger partial charge is 0.384 e. The van der Waals surface area contributed by atoms with E-state index in [1.165, 1.54) is 0 Å². The van der Waals surface area contributed by atoms with Crippen LogP contribution in [0.2, 0.25) is 0 Å². The molecule has 1 aliphatic carbocycles. The first-order valence-corrected chi connectivity index (χ1v) is 5.52. The highest BCUT2D eigenvalue weighted by atomic mass is 16.3. The average molecular weight is 226 g/mol. The molecule has 0 amide bonds. The van der Waals surface area contributed by atoms with Gasteiger partial charge in [0.25, 0.3) is 0 Å². The van der Waals surface area contributed by atoms with Crippen molar-refractivity contribution in [3.8, 4) is 11.8 Å². The lowest BCUT2D eigenvalue weighted by Gasteiger charge is -2.24. The summed E-state index contributed by atoms with van der Waals surface area (Å²) in [4.78, 5) is 0. The van der Waals surface area contributed by atoms with Crippen molar-refractivity contribution in [3.63, 3.8) is 0 Å². The zero-order chi connectivity index (χ0) is 12.1. The Balaban J connectivity index is 2.44. The molecular formula is C15H14O2. The Labute approximate surface area is 101 Å². The molecule has 1 aliphatic rings. The molecule has 0 spiro atoms. The van der Waals surface area contributed by atoms with Crippen molar-refractivity contribution in [2.24, 2.45) is 0 Å². The summed E-state index contributed by atoms with van der Waals surface area (Å²) in [7, 11) is 0. The number of hydrogen-bond acceptors (Lipinski definition) is 2. The highest BCUT2D eigenvalue weighted by Crippen LogP contribution is 2.33. The lowest BCUT2D eigenvalue weighted by atomic mass is 9.86. The Morgan fingerprint density at radius 1 is 1.24 bits per heavy atom. The number of aliphatic hydroxyl groups excluding tert-OH is 1. The summed E-state index contributed by atoms with van der Waals surface area (Å²) in [5, 5.41) is 19.5. The Bertz CT molecular complexity index is 503. The zero-order valence-corrected chi connectivity index (χ0v) is 9.43. The van der Waals surface area contributed by atoms with Crippen LogP contribution in [0.1, 0.15) is 12.0 Å². The molecule has 1 unspecified atom stereocenters. The van der Waals surface area contributed by atoms with Gasteiger partial charge in [-0.2, -0.15) is 0 Å². The molecule has 0 aliphatic heterocycles. The molecule has 2 N–H and O–H groups in total. The summed E-state index contributed by atoms with van der Waals surface area (Å²) in [6.45, 7) is -0.254. The second kappa shape index (κ2) is 5.01. The molecule has 1 atom stereocenters. The Kier molecular flexibility index (Phi) is 3.43. The molecule has 0 bridgehead atoms. The van der Waals surface area contributed by atoms with Crippen LogP contribution in [0.3, 0.4) is 0 Å². The summed E-state index contributed by atoms with van der Waals surface area (Å²) in [6, 6.07) is 9.30. The van der Waals surface area contributed by atoms with E-state index in [4.69, 9.17) is 5.11 Å². The fraction of sp³-hybridized carbons (Fsp3) is 0.200. The van der Waals surface area contributed by atoms with Crippen molar-refractivity contribution < 1.29 is 10.2 Å². The van der Waals surface area contributed by atoms with E-state index in [9.17, 15) is 5.11 Å². The third kappa shape index (κ3) is 2.31. The maximum atomic E-state index is 10.7. The Morgan fingerprint density at radius 3 is 2.59 bits per heavy atom. The minimum Gasteiger partial charge on any atom is -0.384 e. The van der Waals surface area contributed by atoms with Gasteiger partial charge in [0.1, 0.15) is 6.61 Å². The summed E-state index contributed by atoms with van der Waals surface area (Å²) >= 11 is 0. The minimum absolute atomic E-state index is 0.254. The maximum absolute atomic E-state index is 10.7. The molecular weight excluding hydrogens is 212 g/mol. The molecule has 0 heterocycles. The zero-order valence-electron chi connectivity index (χ0n) is 9.43. The van der Waals surface area contributed by atoms with Gasteiger partial charge < -0.3 is 10.2 Å². The maximum Gasteiger partial charge on any atom is 0.173 e. The van der Waals surface area contributed by atoms with E-state index >= 15 is 0 Å². The molecule has 0 radical (unpaired) electrons. The first-order chi connectivity index (χ1) is 8.27. The van der Waals surface area contributed by atoms with E-state index < -0.39 is 5.60 Å². The SMILES string of the molecule is OCC#CC(O)(C1=CC=CC1)c1ccccc1. The van der Waals surface area contributed by atoms with Crippen molar-refractivity contribution in [2.75, 3.05) is 6.61 Å². The molecule has 1 aromatic carbocycles.